The van der Waals surface area contributed by atoms with Crippen molar-refractivity contribution in [3.8, 4) is 11.5 Å². The number of hydrogen-bond donors (Lipinski definition) is 1. The molecule has 0 bridgehead atoms. The predicted octanol–water partition coefficient (Wildman–Crippen LogP) is 4.67. The zero-order valence-corrected chi connectivity index (χ0v) is 26.0. The number of piperazine rings is 1. The molecule has 0 spiro atoms. The largest absolute Gasteiger partial charge is 0.493 e. The third-order valence-electron chi connectivity index (χ3n) is 7.79. The van der Waals surface area contributed by atoms with Gasteiger partial charge in [-0.05, 0) is 36.6 Å². The number of benzene rings is 1. The van der Waals surface area contributed by atoms with Crippen LogP contribution >= 0.6 is 11.6 Å². The molecule has 1 aromatic carbocycles. The maximum Gasteiger partial charge on any atom is 0.410 e. The van der Waals surface area contributed by atoms with Crippen LogP contribution in [0.2, 0.25) is 5.02 Å². The highest BCUT2D eigenvalue weighted by molar-refractivity contribution is 6.35. The molecule has 2 aliphatic rings. The van der Waals surface area contributed by atoms with Gasteiger partial charge in [0, 0.05) is 62.3 Å². The summed E-state index contributed by atoms with van der Waals surface area (Å²) >= 11 is 6.69. The second kappa shape index (κ2) is 14.5. The van der Waals surface area contributed by atoms with Crippen LogP contribution in [0, 0.1) is 0 Å². The second-order valence-corrected chi connectivity index (χ2v) is 11.2. The Morgan fingerprint density at radius 1 is 1.09 bits per heavy atom. The first-order valence-corrected chi connectivity index (χ1v) is 15.4. The number of pyridine rings is 1. The van der Waals surface area contributed by atoms with Crippen molar-refractivity contribution in [3.05, 3.63) is 47.2 Å². The molecule has 4 amide bonds. The van der Waals surface area contributed by atoms with E-state index in [1.165, 1.54) is 4.90 Å². The number of unbranched alkanes of at least 4 members (excludes halogenated alkanes) is 2. The number of amides is 4. The number of carbonyl (C=O) groups is 3. The summed E-state index contributed by atoms with van der Waals surface area (Å²) in [7, 11) is 1.61. The number of halogens is 1. The number of carbonyl (C=O) groups excluding carboxylic acids is 3. The average molecular weight is 627 g/mol. The van der Waals surface area contributed by atoms with Gasteiger partial charge in [-0.2, -0.15) is 0 Å². The van der Waals surface area contributed by atoms with Crippen LogP contribution in [0.4, 0.5) is 15.3 Å². The number of urea groups is 1. The standard InChI is InChI=1S/C31H39ClN6O6/c1-3-4-5-16-43-26-18-23(7-8-25(26)42-2)38-13-6-12-36(30(38)40)19-22-9-10-34-29-28(22)24(32)20-35(29)15-17-44-31(41)37-14-11-33-27(39)21-37/h7-10,18,20H,3-6,11-17,19,21H2,1-2H3,(H,33,39). The van der Waals surface area contributed by atoms with Crippen LogP contribution in [-0.4, -0.2) is 90.4 Å². The van der Waals surface area contributed by atoms with Crippen molar-refractivity contribution in [1.82, 2.24) is 24.7 Å². The van der Waals surface area contributed by atoms with Gasteiger partial charge in [-0.15, -0.1) is 0 Å². The number of fused-ring (bicyclic) bond motifs is 1. The van der Waals surface area contributed by atoms with Gasteiger partial charge in [0.2, 0.25) is 5.91 Å². The number of ether oxygens (including phenoxy) is 3. The highest BCUT2D eigenvalue weighted by Crippen LogP contribution is 2.34. The number of anilines is 1. The molecule has 5 rings (SSSR count). The van der Waals surface area contributed by atoms with E-state index in [1.54, 1.807) is 24.4 Å². The summed E-state index contributed by atoms with van der Waals surface area (Å²) in [6.45, 7) is 5.54. The molecule has 13 heteroatoms. The van der Waals surface area contributed by atoms with E-state index in [2.05, 4.69) is 17.2 Å². The molecule has 2 aliphatic heterocycles. The number of nitrogens with one attached hydrogen (secondary N) is 1. The zero-order chi connectivity index (χ0) is 31.1. The third kappa shape index (κ3) is 7.12. The Hall–Kier alpha value is -4.19. The molecule has 12 nitrogen and oxygen atoms in total. The minimum absolute atomic E-state index is 0.0128. The molecular formula is C31H39ClN6O6. The highest BCUT2D eigenvalue weighted by atomic mass is 35.5. The molecule has 0 saturated carbocycles. The molecular weight excluding hydrogens is 588 g/mol. The van der Waals surface area contributed by atoms with Crippen LogP contribution in [-0.2, 0) is 22.6 Å². The molecule has 0 radical (unpaired) electrons. The Balaban J connectivity index is 1.26. The molecule has 44 heavy (non-hydrogen) atoms. The molecule has 1 N–H and O–H groups in total. The summed E-state index contributed by atoms with van der Waals surface area (Å²) in [6.07, 6.45) is 6.87. The molecule has 0 unspecified atom stereocenters. The van der Waals surface area contributed by atoms with Gasteiger partial charge in [-0.3, -0.25) is 14.6 Å². The van der Waals surface area contributed by atoms with Crippen molar-refractivity contribution in [3.63, 3.8) is 0 Å². The normalized spacial score (nSPS) is 15.5. The van der Waals surface area contributed by atoms with Crippen LogP contribution in [0.5, 0.6) is 11.5 Å². The number of nitrogens with zero attached hydrogens (tertiary/aromatic N) is 5. The number of rotatable bonds is 12. The van der Waals surface area contributed by atoms with Crippen LogP contribution in [0.1, 0.15) is 38.2 Å². The first kappa shape index (κ1) is 31.2. The van der Waals surface area contributed by atoms with Crippen molar-refractivity contribution >= 4 is 46.4 Å². The van der Waals surface area contributed by atoms with E-state index in [4.69, 9.17) is 25.8 Å². The highest BCUT2D eigenvalue weighted by Gasteiger charge is 2.29. The average Bonchev–Trinajstić information content (AvgIpc) is 3.36. The summed E-state index contributed by atoms with van der Waals surface area (Å²) in [5.41, 5.74) is 2.27. The maximum absolute atomic E-state index is 13.7. The fourth-order valence-corrected chi connectivity index (χ4v) is 5.83. The van der Waals surface area contributed by atoms with Crippen molar-refractivity contribution < 1.29 is 28.6 Å². The summed E-state index contributed by atoms with van der Waals surface area (Å²) in [6, 6.07) is 7.37. The topological polar surface area (TPSA) is 118 Å². The van der Waals surface area contributed by atoms with Crippen molar-refractivity contribution in [2.24, 2.45) is 0 Å². The lowest BCUT2D eigenvalue weighted by molar-refractivity contribution is -0.123. The van der Waals surface area contributed by atoms with Crippen molar-refractivity contribution in [2.45, 2.75) is 45.7 Å². The van der Waals surface area contributed by atoms with E-state index < -0.39 is 6.09 Å². The summed E-state index contributed by atoms with van der Waals surface area (Å²) in [5.74, 6) is 1.06. The van der Waals surface area contributed by atoms with Crippen LogP contribution in [0.15, 0.2) is 36.7 Å². The van der Waals surface area contributed by atoms with Gasteiger partial charge in [0.25, 0.3) is 0 Å². The van der Waals surface area contributed by atoms with Crippen LogP contribution in [0.25, 0.3) is 11.0 Å². The van der Waals surface area contributed by atoms with Gasteiger partial charge < -0.3 is 29.0 Å². The molecule has 2 saturated heterocycles. The summed E-state index contributed by atoms with van der Waals surface area (Å²) < 4.78 is 18.7. The minimum atomic E-state index is -0.531. The molecule has 2 fully saturated rings. The molecule has 3 aromatic rings. The monoisotopic (exact) mass is 626 g/mol. The summed E-state index contributed by atoms with van der Waals surface area (Å²) in [5, 5.41) is 3.94. The zero-order valence-electron chi connectivity index (χ0n) is 25.2. The van der Waals surface area contributed by atoms with Gasteiger partial charge >= 0.3 is 12.1 Å². The first-order chi connectivity index (χ1) is 21.4. The maximum atomic E-state index is 13.7. The van der Waals surface area contributed by atoms with Gasteiger partial charge in [-0.1, -0.05) is 31.4 Å². The van der Waals surface area contributed by atoms with E-state index in [9.17, 15) is 14.4 Å². The number of methoxy groups -OCH3 is 1. The molecule has 4 heterocycles. The SMILES string of the molecule is CCCCCOc1cc(N2CCCN(Cc3ccnc4c3c(Cl)cn4CCOC(=O)N3CCNC(=O)C3)C2=O)ccc1OC. The lowest BCUT2D eigenvalue weighted by Crippen LogP contribution is -2.50. The minimum Gasteiger partial charge on any atom is -0.493 e. The van der Waals surface area contributed by atoms with Crippen molar-refractivity contribution in [2.75, 3.05) is 57.9 Å². The fraction of sp³-hybridized carbons (Fsp3) is 0.484. The second-order valence-electron chi connectivity index (χ2n) is 10.8. The van der Waals surface area contributed by atoms with E-state index in [0.29, 0.717) is 68.0 Å². The molecule has 0 atom stereocenters. The quantitative estimate of drug-likeness (QED) is 0.290. The lowest BCUT2D eigenvalue weighted by atomic mass is 10.1. The Morgan fingerprint density at radius 3 is 2.75 bits per heavy atom. The van der Waals surface area contributed by atoms with E-state index in [0.717, 1.165) is 42.3 Å². The number of aromatic nitrogens is 2. The van der Waals surface area contributed by atoms with Gasteiger partial charge in [0.15, 0.2) is 11.5 Å². The van der Waals surface area contributed by atoms with Crippen molar-refractivity contribution in [1.29, 1.82) is 0 Å². The predicted molar refractivity (Wildman–Crippen MR) is 166 cm³/mol. The molecule has 236 valence electrons. The Bertz CT molecular complexity index is 1500. The lowest BCUT2D eigenvalue weighted by Gasteiger charge is -2.36. The van der Waals surface area contributed by atoms with E-state index in [-0.39, 0.29) is 25.1 Å². The van der Waals surface area contributed by atoms with E-state index in [1.807, 2.05) is 33.7 Å². The Kier molecular flexibility index (Phi) is 10.3. The fourth-order valence-electron chi connectivity index (χ4n) is 5.50. The Morgan fingerprint density at radius 2 is 1.95 bits per heavy atom. The van der Waals surface area contributed by atoms with Crippen LogP contribution < -0.4 is 19.7 Å². The van der Waals surface area contributed by atoms with Gasteiger partial charge in [0.1, 0.15) is 18.8 Å². The van der Waals surface area contributed by atoms with Crippen LogP contribution in [0.3, 0.4) is 0 Å². The number of hydrogen-bond acceptors (Lipinski definition) is 7. The van der Waals surface area contributed by atoms with Gasteiger partial charge in [0.05, 0.1) is 25.3 Å². The van der Waals surface area contributed by atoms with Gasteiger partial charge in [-0.25, -0.2) is 14.6 Å². The Labute approximate surface area is 261 Å². The molecule has 2 aromatic heterocycles. The smallest absolute Gasteiger partial charge is 0.410 e. The first-order valence-electron chi connectivity index (χ1n) is 15.1. The summed E-state index contributed by atoms with van der Waals surface area (Å²) in [4.78, 5) is 47.2. The third-order valence-corrected chi connectivity index (χ3v) is 8.07. The molecule has 0 aliphatic carbocycles. The van der Waals surface area contributed by atoms with E-state index >= 15 is 0 Å².